The van der Waals surface area contributed by atoms with Crippen LogP contribution in [0.25, 0.3) is 0 Å². The Hall–Kier alpha value is -1.78. The van der Waals surface area contributed by atoms with Crippen LogP contribution in [-0.2, 0) is 0 Å². The molecule has 2 aromatic carbocycles. The number of ether oxygens (including phenoxy) is 2. The Labute approximate surface area is 137 Å². The predicted octanol–water partition coefficient (Wildman–Crippen LogP) is 4.93. The second kappa shape index (κ2) is 7.47. The summed E-state index contributed by atoms with van der Waals surface area (Å²) in [6, 6.07) is 9.29. The average Bonchev–Trinajstić information content (AvgIpc) is 2.50. The molecule has 0 aromatic heterocycles. The highest BCUT2D eigenvalue weighted by Crippen LogP contribution is 2.32. The van der Waals surface area contributed by atoms with Gasteiger partial charge in [-0.3, -0.25) is 4.79 Å². The molecule has 0 heterocycles. The van der Waals surface area contributed by atoms with Crippen molar-refractivity contribution in [2.45, 2.75) is 6.92 Å². The molecular formula is C16H13Cl2FO3. The van der Waals surface area contributed by atoms with E-state index >= 15 is 0 Å². The number of halogens is 3. The molecule has 0 N–H and O–H groups in total. The van der Waals surface area contributed by atoms with Gasteiger partial charge in [0.1, 0.15) is 11.5 Å². The van der Waals surface area contributed by atoms with Crippen molar-refractivity contribution >= 4 is 29.0 Å². The fourth-order valence-corrected chi connectivity index (χ4v) is 2.33. The molecule has 0 atom stereocenters. The number of hydrogen-bond donors (Lipinski definition) is 0. The summed E-state index contributed by atoms with van der Waals surface area (Å²) >= 11 is 12.0. The molecule has 0 aliphatic rings. The molecule has 116 valence electrons. The Kier molecular flexibility index (Phi) is 5.63. The maximum absolute atomic E-state index is 12.6. The Balaban J connectivity index is 2.46. The van der Waals surface area contributed by atoms with Crippen molar-refractivity contribution < 1.29 is 18.7 Å². The smallest absolute Gasteiger partial charge is 0.228 e. The molecule has 0 amide bonds. The lowest BCUT2D eigenvalue weighted by atomic mass is 10.0. The number of benzene rings is 2. The summed E-state index contributed by atoms with van der Waals surface area (Å²) in [6.07, 6.45) is 0. The van der Waals surface area contributed by atoms with Crippen LogP contribution < -0.4 is 9.47 Å². The van der Waals surface area contributed by atoms with E-state index in [0.29, 0.717) is 22.9 Å². The third-order valence-corrected chi connectivity index (χ3v) is 3.73. The molecule has 2 rings (SSSR count). The van der Waals surface area contributed by atoms with Crippen molar-refractivity contribution in [3.05, 3.63) is 57.6 Å². The normalized spacial score (nSPS) is 10.4. The first-order chi connectivity index (χ1) is 10.6. The lowest BCUT2D eigenvalue weighted by Gasteiger charge is -2.12. The zero-order chi connectivity index (χ0) is 16.1. The van der Waals surface area contributed by atoms with Crippen LogP contribution in [0.2, 0.25) is 10.0 Å². The minimum absolute atomic E-state index is 0.181. The summed E-state index contributed by atoms with van der Waals surface area (Å²) in [6.45, 7) is 1.17. The van der Waals surface area contributed by atoms with Crippen LogP contribution in [-0.4, -0.2) is 19.3 Å². The molecule has 3 nitrogen and oxygen atoms in total. The van der Waals surface area contributed by atoms with Crippen LogP contribution in [0.1, 0.15) is 22.8 Å². The zero-order valence-electron chi connectivity index (χ0n) is 11.7. The maximum Gasteiger partial charge on any atom is 0.228 e. The monoisotopic (exact) mass is 342 g/mol. The van der Waals surface area contributed by atoms with Gasteiger partial charge in [-0.1, -0.05) is 29.3 Å². The van der Waals surface area contributed by atoms with E-state index in [9.17, 15) is 9.18 Å². The van der Waals surface area contributed by atoms with Gasteiger partial charge in [-0.25, -0.2) is 4.39 Å². The van der Waals surface area contributed by atoms with E-state index in [1.807, 2.05) is 0 Å². The van der Waals surface area contributed by atoms with E-state index in [1.54, 1.807) is 25.1 Å². The summed E-state index contributed by atoms with van der Waals surface area (Å²) in [5, 5.41) is 0.476. The predicted molar refractivity (Wildman–Crippen MR) is 84.1 cm³/mol. The van der Waals surface area contributed by atoms with Gasteiger partial charge in [-0.2, -0.15) is 0 Å². The van der Waals surface area contributed by atoms with E-state index in [4.69, 9.17) is 32.7 Å². The highest BCUT2D eigenvalue weighted by Gasteiger charge is 2.19. The van der Waals surface area contributed by atoms with E-state index in [0.717, 1.165) is 0 Å². The molecular weight excluding hydrogens is 330 g/mol. The first-order valence-corrected chi connectivity index (χ1v) is 7.28. The highest BCUT2D eigenvalue weighted by atomic mass is 35.5. The summed E-state index contributed by atoms with van der Waals surface area (Å²) in [7, 11) is 0. The van der Waals surface area contributed by atoms with Gasteiger partial charge in [0.2, 0.25) is 6.86 Å². The topological polar surface area (TPSA) is 35.5 Å². The van der Waals surface area contributed by atoms with Crippen LogP contribution >= 0.6 is 23.2 Å². The fraction of sp³-hybridized carbons (Fsp3) is 0.188. The zero-order valence-corrected chi connectivity index (χ0v) is 13.2. The van der Waals surface area contributed by atoms with Crippen molar-refractivity contribution in [3.8, 4) is 11.5 Å². The summed E-state index contributed by atoms with van der Waals surface area (Å²) < 4.78 is 22.5. The Morgan fingerprint density at radius 3 is 2.59 bits per heavy atom. The van der Waals surface area contributed by atoms with Crippen LogP contribution in [0.4, 0.5) is 4.39 Å². The average molecular weight is 343 g/mol. The summed E-state index contributed by atoms with van der Waals surface area (Å²) in [4.78, 5) is 12.6. The Bertz CT molecular complexity index is 689. The van der Waals surface area contributed by atoms with Gasteiger partial charge in [0.05, 0.1) is 22.2 Å². The number of carbonyl (C=O) groups is 1. The minimum atomic E-state index is -0.959. The Morgan fingerprint density at radius 1 is 1.14 bits per heavy atom. The molecule has 0 bridgehead atoms. The van der Waals surface area contributed by atoms with Gasteiger partial charge in [-0.05, 0) is 31.2 Å². The third kappa shape index (κ3) is 3.51. The number of rotatable bonds is 6. The van der Waals surface area contributed by atoms with Gasteiger partial charge in [0, 0.05) is 11.6 Å². The Morgan fingerprint density at radius 2 is 1.91 bits per heavy atom. The lowest BCUT2D eigenvalue weighted by molar-refractivity contribution is 0.103. The van der Waals surface area contributed by atoms with E-state index in [1.165, 1.54) is 18.2 Å². The molecule has 2 aromatic rings. The fourth-order valence-electron chi connectivity index (χ4n) is 1.94. The molecule has 0 saturated heterocycles. The molecule has 22 heavy (non-hydrogen) atoms. The van der Waals surface area contributed by atoms with Crippen LogP contribution in [0.5, 0.6) is 11.5 Å². The van der Waals surface area contributed by atoms with Gasteiger partial charge in [-0.15, -0.1) is 0 Å². The van der Waals surface area contributed by atoms with Gasteiger partial charge in [0.15, 0.2) is 5.78 Å². The molecule has 0 aliphatic heterocycles. The van der Waals surface area contributed by atoms with Crippen molar-refractivity contribution in [2.75, 3.05) is 13.5 Å². The van der Waals surface area contributed by atoms with Crippen molar-refractivity contribution in [1.29, 1.82) is 0 Å². The van der Waals surface area contributed by atoms with Crippen LogP contribution in [0.15, 0.2) is 36.4 Å². The molecule has 0 aliphatic carbocycles. The minimum Gasteiger partial charge on any atom is -0.493 e. The molecule has 0 fully saturated rings. The van der Waals surface area contributed by atoms with Gasteiger partial charge >= 0.3 is 0 Å². The van der Waals surface area contributed by atoms with Gasteiger partial charge < -0.3 is 9.47 Å². The molecule has 0 spiro atoms. The largest absolute Gasteiger partial charge is 0.493 e. The number of alkyl halides is 1. The van der Waals surface area contributed by atoms with Crippen molar-refractivity contribution in [2.24, 2.45) is 0 Å². The summed E-state index contributed by atoms with van der Waals surface area (Å²) in [5.74, 6) is 0.247. The molecule has 0 unspecified atom stereocenters. The first kappa shape index (κ1) is 16.6. The lowest BCUT2D eigenvalue weighted by Crippen LogP contribution is -2.07. The summed E-state index contributed by atoms with van der Waals surface area (Å²) in [5.41, 5.74) is 0.575. The standard InChI is InChI=1S/C16H13Cl2FO3/c1-2-21-14-8-10(22-9-19)6-7-11(14)16(20)12-4-3-5-13(17)15(12)18/h3-8H,2,9H2,1H3. The van der Waals surface area contributed by atoms with Crippen molar-refractivity contribution in [3.63, 3.8) is 0 Å². The van der Waals surface area contributed by atoms with Crippen LogP contribution in [0, 0.1) is 0 Å². The SMILES string of the molecule is CCOc1cc(OCF)ccc1C(=O)c1cccc(Cl)c1Cl. The second-order valence-corrected chi connectivity index (χ2v) is 5.06. The molecule has 6 heteroatoms. The maximum atomic E-state index is 12.6. The van der Waals surface area contributed by atoms with E-state index < -0.39 is 6.86 Å². The number of ketones is 1. The number of hydrogen-bond acceptors (Lipinski definition) is 3. The van der Waals surface area contributed by atoms with Gasteiger partial charge in [0.25, 0.3) is 0 Å². The second-order valence-electron chi connectivity index (χ2n) is 4.27. The quantitative estimate of drug-likeness (QED) is 0.698. The van der Waals surface area contributed by atoms with Crippen LogP contribution in [0.3, 0.4) is 0 Å². The third-order valence-electron chi connectivity index (χ3n) is 2.91. The van der Waals surface area contributed by atoms with E-state index in [-0.39, 0.29) is 22.1 Å². The van der Waals surface area contributed by atoms with E-state index in [2.05, 4.69) is 0 Å². The van der Waals surface area contributed by atoms with Crippen molar-refractivity contribution in [1.82, 2.24) is 0 Å². The molecule has 0 saturated carbocycles. The number of carbonyl (C=O) groups excluding carboxylic acids is 1. The first-order valence-electron chi connectivity index (χ1n) is 6.52. The molecule has 0 radical (unpaired) electrons. The highest BCUT2D eigenvalue weighted by molar-refractivity contribution is 6.44.